The van der Waals surface area contributed by atoms with Crippen molar-refractivity contribution in [1.82, 2.24) is 4.57 Å². The topological polar surface area (TPSA) is 98.7 Å². The van der Waals surface area contributed by atoms with E-state index in [0.717, 1.165) is 4.57 Å². The Morgan fingerprint density at radius 1 is 1.19 bits per heavy atom. The molecule has 0 spiro atoms. The summed E-state index contributed by atoms with van der Waals surface area (Å²) in [5, 5.41) is 25.1. The zero-order valence-corrected chi connectivity index (χ0v) is 14.5. The fourth-order valence-electron chi connectivity index (χ4n) is 2.78. The van der Waals surface area contributed by atoms with Gasteiger partial charge in [-0.05, 0) is 37.6 Å². The first-order chi connectivity index (χ1) is 12.4. The molecule has 1 aromatic carbocycles. The number of anilines is 1. The number of aromatic hydroxyl groups is 1. The smallest absolute Gasteiger partial charge is 0.280 e. The molecule has 130 valence electrons. The summed E-state index contributed by atoms with van der Waals surface area (Å²) in [5.74, 6) is -0.655. The van der Waals surface area contributed by atoms with Crippen LogP contribution in [-0.4, -0.2) is 21.3 Å². The van der Waals surface area contributed by atoms with Crippen LogP contribution < -0.4 is 10.6 Å². The van der Waals surface area contributed by atoms with Crippen LogP contribution >= 0.6 is 0 Å². The maximum atomic E-state index is 12.8. The van der Waals surface area contributed by atoms with Crippen molar-refractivity contribution in [3.05, 3.63) is 62.9 Å². The van der Waals surface area contributed by atoms with E-state index in [2.05, 4.69) is 5.10 Å². The van der Waals surface area contributed by atoms with Gasteiger partial charge >= 0.3 is 0 Å². The summed E-state index contributed by atoms with van der Waals surface area (Å²) in [5.41, 5.74) is 1.30. The van der Waals surface area contributed by atoms with Crippen molar-refractivity contribution in [2.75, 3.05) is 5.01 Å². The molecule has 1 aliphatic heterocycles. The molecule has 2 heterocycles. The quantitative estimate of drug-likeness (QED) is 0.840. The third kappa shape index (κ3) is 2.58. The van der Waals surface area contributed by atoms with Crippen LogP contribution in [0.1, 0.15) is 23.6 Å². The molecule has 1 aromatic heterocycles. The Morgan fingerprint density at radius 3 is 2.46 bits per heavy atom. The van der Waals surface area contributed by atoms with Crippen LogP contribution in [0.25, 0.3) is 6.08 Å². The number of nitrogens with zero attached hydrogens (tertiary/aromatic N) is 4. The summed E-state index contributed by atoms with van der Waals surface area (Å²) in [6, 6.07) is 10.8. The molecule has 0 unspecified atom stereocenters. The first-order valence-corrected chi connectivity index (χ1v) is 7.86. The highest BCUT2D eigenvalue weighted by atomic mass is 16.3. The second-order valence-corrected chi connectivity index (χ2v) is 5.91. The molecule has 0 saturated heterocycles. The number of hydrazone groups is 1. The molecule has 26 heavy (non-hydrogen) atoms. The first kappa shape index (κ1) is 17.2. The number of rotatable bonds is 2. The van der Waals surface area contributed by atoms with Crippen molar-refractivity contribution in [3.63, 3.8) is 0 Å². The number of benzene rings is 1. The van der Waals surface area contributed by atoms with Gasteiger partial charge in [-0.2, -0.15) is 15.4 Å². The van der Waals surface area contributed by atoms with Gasteiger partial charge < -0.3 is 5.11 Å². The lowest BCUT2D eigenvalue weighted by Gasteiger charge is -2.12. The SMILES string of the molecule is CC1=NN(c2ccccc2)C(=O)/C1=C\c1c(C)c(C#N)c(=O)n(C)c1O. The molecule has 1 N–H and O–H groups in total. The lowest BCUT2D eigenvalue weighted by atomic mass is 10.0. The highest BCUT2D eigenvalue weighted by Gasteiger charge is 2.29. The Hall–Kier alpha value is -3.66. The predicted molar refractivity (Wildman–Crippen MR) is 97.8 cm³/mol. The molecule has 1 aliphatic rings. The molecule has 0 aliphatic carbocycles. The van der Waals surface area contributed by atoms with Gasteiger partial charge in [-0.1, -0.05) is 18.2 Å². The normalized spacial score (nSPS) is 15.3. The Labute approximate surface area is 149 Å². The number of hydrogen-bond acceptors (Lipinski definition) is 5. The first-order valence-electron chi connectivity index (χ1n) is 7.86. The van der Waals surface area contributed by atoms with Crippen molar-refractivity contribution in [1.29, 1.82) is 5.26 Å². The third-order valence-electron chi connectivity index (χ3n) is 4.32. The molecule has 1 amide bonds. The second-order valence-electron chi connectivity index (χ2n) is 5.91. The number of carbonyl (C=O) groups excluding carboxylic acids is 1. The molecule has 7 heteroatoms. The van der Waals surface area contributed by atoms with E-state index >= 15 is 0 Å². The van der Waals surface area contributed by atoms with Gasteiger partial charge in [0, 0.05) is 12.6 Å². The monoisotopic (exact) mass is 348 g/mol. The van der Waals surface area contributed by atoms with Crippen LogP contribution in [0.3, 0.4) is 0 Å². The van der Waals surface area contributed by atoms with E-state index in [4.69, 9.17) is 0 Å². The standard InChI is InChI=1S/C19H16N4O3/c1-11-14(17(24)22(3)18(25)16(11)10-20)9-15-12(2)21-23(19(15)26)13-7-5-4-6-8-13/h4-9,24H,1-3H3/b15-9-. The molecule has 2 aromatic rings. The summed E-state index contributed by atoms with van der Waals surface area (Å²) in [7, 11) is 1.37. The minimum atomic E-state index is -0.585. The number of nitriles is 1. The predicted octanol–water partition coefficient (Wildman–Crippen LogP) is 2.08. The van der Waals surface area contributed by atoms with Crippen LogP contribution in [0, 0.1) is 18.3 Å². The molecular weight excluding hydrogens is 332 g/mol. The summed E-state index contributed by atoms with van der Waals surface area (Å²) in [4.78, 5) is 24.8. The molecule has 7 nitrogen and oxygen atoms in total. The molecule has 3 rings (SSSR count). The number of amides is 1. The lowest BCUT2D eigenvalue weighted by Crippen LogP contribution is -2.23. The minimum absolute atomic E-state index is 0.0721. The maximum absolute atomic E-state index is 12.8. The van der Waals surface area contributed by atoms with Crippen LogP contribution in [0.5, 0.6) is 5.88 Å². The van der Waals surface area contributed by atoms with Crippen LogP contribution in [0.15, 0.2) is 45.8 Å². The van der Waals surface area contributed by atoms with Crippen molar-refractivity contribution < 1.29 is 9.90 Å². The van der Waals surface area contributed by atoms with Crippen LogP contribution in [0.4, 0.5) is 5.69 Å². The molecule has 0 radical (unpaired) electrons. The largest absolute Gasteiger partial charge is 0.494 e. The van der Waals surface area contributed by atoms with Gasteiger partial charge in [-0.15, -0.1) is 0 Å². The summed E-state index contributed by atoms with van der Waals surface area (Å²) >= 11 is 0. The van der Waals surface area contributed by atoms with Gasteiger partial charge in [-0.3, -0.25) is 14.2 Å². The lowest BCUT2D eigenvalue weighted by molar-refractivity contribution is -0.114. The average Bonchev–Trinajstić information content (AvgIpc) is 2.92. The van der Waals surface area contributed by atoms with Gasteiger partial charge in [0.1, 0.15) is 11.6 Å². The van der Waals surface area contributed by atoms with Gasteiger partial charge in [0.25, 0.3) is 11.5 Å². The van der Waals surface area contributed by atoms with Gasteiger partial charge in [0.05, 0.1) is 17.0 Å². The van der Waals surface area contributed by atoms with Crippen LogP contribution in [-0.2, 0) is 11.8 Å². The van der Waals surface area contributed by atoms with Gasteiger partial charge in [0.2, 0.25) is 5.88 Å². The molecular formula is C19H16N4O3. The van der Waals surface area contributed by atoms with E-state index in [0.29, 0.717) is 17.0 Å². The van der Waals surface area contributed by atoms with E-state index < -0.39 is 5.56 Å². The van der Waals surface area contributed by atoms with Crippen molar-refractivity contribution in [3.8, 4) is 11.9 Å². The maximum Gasteiger partial charge on any atom is 0.280 e. The fraction of sp³-hybridized carbons (Fsp3) is 0.158. The van der Waals surface area contributed by atoms with Gasteiger partial charge in [-0.25, -0.2) is 0 Å². The zero-order chi connectivity index (χ0) is 19.0. The summed E-state index contributed by atoms with van der Waals surface area (Å²) < 4.78 is 0.985. The Morgan fingerprint density at radius 2 is 1.85 bits per heavy atom. The molecule has 0 bridgehead atoms. The van der Waals surface area contributed by atoms with Crippen molar-refractivity contribution >= 4 is 23.4 Å². The molecule has 0 fully saturated rings. The van der Waals surface area contributed by atoms with Crippen molar-refractivity contribution in [2.45, 2.75) is 13.8 Å². The van der Waals surface area contributed by atoms with E-state index in [1.54, 1.807) is 38.1 Å². The van der Waals surface area contributed by atoms with E-state index in [-0.39, 0.29) is 28.5 Å². The third-order valence-corrected chi connectivity index (χ3v) is 4.32. The Kier molecular flexibility index (Phi) is 4.18. The van der Waals surface area contributed by atoms with Gasteiger partial charge in [0.15, 0.2) is 0 Å². The van der Waals surface area contributed by atoms with E-state index in [1.807, 2.05) is 12.1 Å². The zero-order valence-electron chi connectivity index (χ0n) is 14.5. The Bertz CT molecular complexity index is 1070. The van der Waals surface area contributed by atoms with E-state index in [1.165, 1.54) is 18.1 Å². The molecule has 0 saturated carbocycles. The highest BCUT2D eigenvalue weighted by Crippen LogP contribution is 2.28. The number of aromatic nitrogens is 1. The number of para-hydroxylation sites is 1. The summed E-state index contributed by atoms with van der Waals surface area (Å²) in [6.07, 6.45) is 1.47. The highest BCUT2D eigenvalue weighted by molar-refractivity contribution is 6.32. The number of hydrogen-bond donors (Lipinski definition) is 1. The number of pyridine rings is 1. The van der Waals surface area contributed by atoms with Crippen LogP contribution in [0.2, 0.25) is 0 Å². The second kappa shape index (κ2) is 6.33. The van der Waals surface area contributed by atoms with Crippen molar-refractivity contribution in [2.24, 2.45) is 12.1 Å². The van der Waals surface area contributed by atoms with E-state index in [9.17, 15) is 20.0 Å². The fourth-order valence-corrected chi connectivity index (χ4v) is 2.78. The molecule has 0 atom stereocenters. The Balaban J connectivity index is 2.15. The average molecular weight is 348 g/mol. The number of carbonyl (C=O) groups is 1. The minimum Gasteiger partial charge on any atom is -0.494 e. The summed E-state index contributed by atoms with van der Waals surface area (Å²) in [6.45, 7) is 3.25.